The van der Waals surface area contributed by atoms with Gasteiger partial charge in [-0.2, -0.15) is 0 Å². The van der Waals surface area contributed by atoms with E-state index in [1.54, 1.807) is 24.3 Å². The van der Waals surface area contributed by atoms with Crippen LogP contribution in [-0.2, 0) is 0 Å². The van der Waals surface area contributed by atoms with Crippen LogP contribution in [0.4, 0.5) is 0 Å². The molecule has 19 heavy (non-hydrogen) atoms. The van der Waals surface area contributed by atoms with Crippen molar-refractivity contribution >= 4 is 60.1 Å². The summed E-state index contributed by atoms with van der Waals surface area (Å²) in [6, 6.07) is 6.65. The van der Waals surface area contributed by atoms with E-state index in [2.05, 4.69) is 36.8 Å². The first kappa shape index (κ1) is 12.8. The molecule has 1 aromatic carbocycles. The van der Waals surface area contributed by atoms with Crippen molar-refractivity contribution in [3.05, 3.63) is 53.5 Å². The molecule has 0 saturated carbocycles. The molecule has 3 rings (SSSR count). The molecule has 7 heteroatoms. The molecule has 0 saturated heterocycles. The Hall–Kier alpha value is -1.18. The number of aromatic amines is 1. The highest BCUT2D eigenvalue weighted by Crippen LogP contribution is 2.33. The first-order chi connectivity index (χ1) is 9.04. The normalized spacial score (nSPS) is 11.1. The summed E-state index contributed by atoms with van der Waals surface area (Å²) in [7, 11) is 0. The molecule has 0 fully saturated rings. The standard InChI is InChI=1S/C12H5Br2NO3S/c13-6-4-9(19-11(6)14)10(16)5-1-2-7-8(3-5)18-12(17)15-7/h1-4H,(H,15,17). The van der Waals surface area contributed by atoms with E-state index in [1.807, 2.05) is 0 Å². The van der Waals surface area contributed by atoms with Crippen LogP contribution in [0.5, 0.6) is 0 Å². The number of thiophene rings is 1. The van der Waals surface area contributed by atoms with E-state index in [9.17, 15) is 9.59 Å². The average Bonchev–Trinajstić information content (AvgIpc) is 2.90. The molecule has 96 valence electrons. The molecule has 2 heterocycles. The van der Waals surface area contributed by atoms with Crippen molar-refractivity contribution < 1.29 is 9.21 Å². The number of benzene rings is 1. The molecule has 0 aliphatic heterocycles. The fourth-order valence-corrected chi connectivity index (χ4v) is 3.69. The maximum Gasteiger partial charge on any atom is 0.417 e. The number of hydrogen-bond donors (Lipinski definition) is 1. The number of fused-ring (bicyclic) bond motifs is 1. The smallest absolute Gasteiger partial charge is 0.408 e. The van der Waals surface area contributed by atoms with Gasteiger partial charge in [0.2, 0.25) is 5.78 Å². The van der Waals surface area contributed by atoms with Crippen molar-refractivity contribution in [2.45, 2.75) is 0 Å². The van der Waals surface area contributed by atoms with Crippen LogP contribution in [0.25, 0.3) is 11.1 Å². The molecule has 4 nitrogen and oxygen atoms in total. The summed E-state index contributed by atoms with van der Waals surface area (Å²) in [6.45, 7) is 0. The molecule has 0 aliphatic carbocycles. The number of nitrogens with one attached hydrogen (secondary N) is 1. The van der Waals surface area contributed by atoms with Crippen LogP contribution >= 0.6 is 43.2 Å². The average molecular weight is 403 g/mol. The zero-order valence-corrected chi connectivity index (χ0v) is 13.2. The fraction of sp³-hybridized carbons (Fsp3) is 0. The number of aromatic nitrogens is 1. The maximum absolute atomic E-state index is 12.3. The Morgan fingerprint density at radius 1 is 1.26 bits per heavy atom. The van der Waals surface area contributed by atoms with Gasteiger partial charge in [0.25, 0.3) is 0 Å². The van der Waals surface area contributed by atoms with Crippen molar-refractivity contribution in [2.75, 3.05) is 0 Å². The molecular weight excluding hydrogens is 398 g/mol. The lowest BCUT2D eigenvalue weighted by molar-refractivity contribution is 0.104. The topological polar surface area (TPSA) is 63.1 Å². The van der Waals surface area contributed by atoms with Crippen LogP contribution in [-0.4, -0.2) is 10.8 Å². The third-order valence-corrected chi connectivity index (χ3v) is 5.81. The first-order valence-electron chi connectivity index (χ1n) is 5.17. The minimum atomic E-state index is -0.527. The van der Waals surface area contributed by atoms with Gasteiger partial charge >= 0.3 is 5.76 Å². The third-order valence-electron chi connectivity index (χ3n) is 2.55. The zero-order chi connectivity index (χ0) is 13.6. The van der Waals surface area contributed by atoms with Gasteiger partial charge in [0.15, 0.2) is 5.58 Å². The Kier molecular flexibility index (Phi) is 3.20. The second kappa shape index (κ2) is 4.73. The van der Waals surface area contributed by atoms with Crippen molar-refractivity contribution in [1.29, 1.82) is 0 Å². The fourth-order valence-electron chi connectivity index (χ4n) is 1.69. The Morgan fingerprint density at radius 2 is 2.05 bits per heavy atom. The van der Waals surface area contributed by atoms with Gasteiger partial charge in [0.1, 0.15) is 0 Å². The van der Waals surface area contributed by atoms with Gasteiger partial charge in [-0.1, -0.05) is 0 Å². The Labute approximate surface area is 127 Å². The summed E-state index contributed by atoms with van der Waals surface area (Å²) in [5.41, 5.74) is 1.44. The van der Waals surface area contributed by atoms with Crippen molar-refractivity contribution in [3.63, 3.8) is 0 Å². The molecular formula is C12H5Br2NO3S. The summed E-state index contributed by atoms with van der Waals surface area (Å²) < 4.78 is 6.65. The van der Waals surface area contributed by atoms with E-state index in [0.717, 1.165) is 8.26 Å². The quantitative estimate of drug-likeness (QED) is 0.660. The monoisotopic (exact) mass is 401 g/mol. The second-order valence-corrected chi connectivity index (χ2v) is 7.01. The van der Waals surface area contributed by atoms with Gasteiger partial charge < -0.3 is 4.42 Å². The highest BCUT2D eigenvalue weighted by Gasteiger charge is 2.15. The van der Waals surface area contributed by atoms with Crippen molar-refractivity contribution in [3.8, 4) is 0 Å². The van der Waals surface area contributed by atoms with Gasteiger partial charge in [-0.25, -0.2) is 4.79 Å². The van der Waals surface area contributed by atoms with Gasteiger partial charge in [-0.05, 0) is 56.1 Å². The van der Waals surface area contributed by atoms with E-state index in [1.165, 1.54) is 11.3 Å². The number of carbonyl (C=O) groups is 1. The Bertz CT molecular complexity index is 827. The minimum absolute atomic E-state index is 0.109. The van der Waals surface area contributed by atoms with Gasteiger partial charge in [0, 0.05) is 10.0 Å². The van der Waals surface area contributed by atoms with Crippen molar-refractivity contribution in [2.24, 2.45) is 0 Å². The largest absolute Gasteiger partial charge is 0.417 e. The molecule has 0 atom stereocenters. The molecule has 0 spiro atoms. The van der Waals surface area contributed by atoms with Gasteiger partial charge in [-0.3, -0.25) is 9.78 Å². The molecule has 0 amide bonds. The SMILES string of the molecule is O=C(c1ccc2[nH]c(=O)oc2c1)c1cc(Br)c(Br)s1. The number of carbonyl (C=O) groups excluding carboxylic acids is 1. The van der Waals surface area contributed by atoms with Crippen LogP contribution in [0.2, 0.25) is 0 Å². The molecule has 3 aromatic rings. The van der Waals surface area contributed by atoms with Gasteiger partial charge in [0.05, 0.1) is 14.2 Å². The third kappa shape index (κ3) is 2.33. The van der Waals surface area contributed by atoms with Crippen LogP contribution in [0.3, 0.4) is 0 Å². The first-order valence-corrected chi connectivity index (χ1v) is 7.57. The van der Waals surface area contributed by atoms with E-state index in [0.29, 0.717) is 21.5 Å². The summed E-state index contributed by atoms with van der Waals surface area (Å²) in [6.07, 6.45) is 0. The lowest BCUT2D eigenvalue weighted by Gasteiger charge is -1.97. The van der Waals surface area contributed by atoms with Crippen LogP contribution in [0.15, 0.2) is 41.7 Å². The Balaban J connectivity index is 2.08. The summed E-state index contributed by atoms with van der Waals surface area (Å²) in [5, 5.41) is 0. The van der Waals surface area contributed by atoms with Crippen LogP contribution < -0.4 is 5.76 Å². The number of rotatable bonds is 2. The predicted molar refractivity (Wildman–Crippen MR) is 80.0 cm³/mol. The second-order valence-electron chi connectivity index (χ2n) is 3.79. The summed E-state index contributed by atoms with van der Waals surface area (Å²) in [4.78, 5) is 26.5. The molecule has 0 aliphatic rings. The number of ketones is 1. The number of hydrogen-bond acceptors (Lipinski definition) is 4. The molecule has 0 radical (unpaired) electrons. The number of halogens is 2. The summed E-state index contributed by atoms with van der Waals surface area (Å²) >= 11 is 8.05. The molecule has 2 aromatic heterocycles. The Morgan fingerprint density at radius 3 is 2.74 bits per heavy atom. The summed E-state index contributed by atoms with van der Waals surface area (Å²) in [5.74, 6) is -0.636. The number of oxazole rings is 1. The van der Waals surface area contributed by atoms with E-state index in [-0.39, 0.29) is 5.78 Å². The lowest BCUT2D eigenvalue weighted by Crippen LogP contribution is -1.97. The van der Waals surface area contributed by atoms with Crippen LogP contribution in [0.1, 0.15) is 15.2 Å². The van der Waals surface area contributed by atoms with E-state index >= 15 is 0 Å². The lowest BCUT2D eigenvalue weighted by atomic mass is 10.1. The van der Waals surface area contributed by atoms with Crippen LogP contribution in [0, 0.1) is 0 Å². The number of H-pyrrole nitrogens is 1. The highest BCUT2D eigenvalue weighted by atomic mass is 79.9. The van der Waals surface area contributed by atoms with Gasteiger partial charge in [-0.15, -0.1) is 11.3 Å². The van der Waals surface area contributed by atoms with E-state index in [4.69, 9.17) is 4.42 Å². The zero-order valence-electron chi connectivity index (χ0n) is 9.20. The molecule has 1 N–H and O–H groups in total. The van der Waals surface area contributed by atoms with Crippen molar-refractivity contribution in [1.82, 2.24) is 4.98 Å². The maximum atomic E-state index is 12.3. The molecule has 0 unspecified atom stereocenters. The predicted octanol–water partition coefficient (Wildman–Crippen LogP) is 3.94. The minimum Gasteiger partial charge on any atom is -0.408 e. The van der Waals surface area contributed by atoms with E-state index < -0.39 is 5.76 Å². The molecule has 0 bridgehead atoms. The highest BCUT2D eigenvalue weighted by molar-refractivity contribution is 9.13.